The molecule has 1 saturated carbocycles. The summed E-state index contributed by atoms with van der Waals surface area (Å²) in [5.74, 6) is 0.998. The Kier molecular flexibility index (Phi) is 4.52. The molecular weight excluding hydrogens is 332 g/mol. The third kappa shape index (κ3) is 3.25. The Balaban J connectivity index is 1.51. The van der Waals surface area contributed by atoms with Crippen LogP contribution in [0.2, 0.25) is 0 Å². The molecule has 1 aliphatic heterocycles. The van der Waals surface area contributed by atoms with E-state index in [1.807, 2.05) is 6.20 Å². The zero-order valence-electron chi connectivity index (χ0n) is 15.4. The quantitative estimate of drug-likeness (QED) is 0.878. The molecule has 140 valence electrons. The van der Waals surface area contributed by atoms with Gasteiger partial charge in [-0.15, -0.1) is 0 Å². The van der Waals surface area contributed by atoms with E-state index in [1.165, 1.54) is 38.3 Å². The van der Waals surface area contributed by atoms with E-state index < -0.39 is 5.54 Å². The van der Waals surface area contributed by atoms with Crippen LogP contribution in [0, 0.1) is 6.92 Å². The maximum atomic E-state index is 11.8. The lowest BCUT2D eigenvalue weighted by Crippen LogP contribution is -2.47. The first-order valence-corrected chi connectivity index (χ1v) is 9.40. The topological polar surface area (TPSA) is 89.1 Å². The number of aromatic nitrogens is 4. The number of nitrogens with zero attached hydrogens (tertiary/aromatic N) is 5. The molecule has 1 aliphatic carbocycles. The van der Waals surface area contributed by atoms with Gasteiger partial charge in [-0.1, -0.05) is 18.0 Å². The number of hydrogen-bond donors (Lipinski definition) is 1. The highest BCUT2D eigenvalue weighted by Crippen LogP contribution is 2.33. The van der Waals surface area contributed by atoms with Crippen molar-refractivity contribution in [1.29, 1.82) is 0 Å². The van der Waals surface area contributed by atoms with Gasteiger partial charge in [0.1, 0.15) is 5.54 Å². The average Bonchev–Trinajstić information content (AvgIpc) is 3.34. The maximum Gasteiger partial charge on any atom is 0.253 e. The van der Waals surface area contributed by atoms with E-state index in [-0.39, 0.29) is 5.91 Å². The van der Waals surface area contributed by atoms with Crippen LogP contribution in [0.3, 0.4) is 0 Å². The van der Waals surface area contributed by atoms with Crippen molar-refractivity contribution in [1.82, 2.24) is 30.1 Å². The zero-order valence-corrected chi connectivity index (χ0v) is 15.4. The Labute approximate surface area is 152 Å². The van der Waals surface area contributed by atoms with Crippen LogP contribution in [0.15, 0.2) is 16.8 Å². The number of amides is 1. The van der Waals surface area contributed by atoms with Crippen molar-refractivity contribution in [2.75, 3.05) is 13.1 Å². The number of hydrogen-bond acceptors (Lipinski definition) is 6. The summed E-state index contributed by atoms with van der Waals surface area (Å²) in [5, 5.41) is 11.5. The Hall–Kier alpha value is -2.22. The fourth-order valence-electron chi connectivity index (χ4n) is 4.36. The van der Waals surface area contributed by atoms with Crippen molar-refractivity contribution in [2.24, 2.45) is 0 Å². The van der Waals surface area contributed by atoms with Crippen molar-refractivity contribution >= 4 is 5.91 Å². The highest BCUT2D eigenvalue weighted by atomic mass is 16.5. The Morgan fingerprint density at radius 3 is 2.92 bits per heavy atom. The van der Waals surface area contributed by atoms with E-state index >= 15 is 0 Å². The molecule has 0 radical (unpaired) electrons. The molecule has 0 bridgehead atoms. The SMILES string of the molecule is CC(=O)NC1(c2nc(C)no2)CCN(Cc2ccnn2C2CCCC2)C1. The van der Waals surface area contributed by atoms with Gasteiger partial charge in [0.2, 0.25) is 5.91 Å². The number of nitrogens with one attached hydrogen (secondary N) is 1. The summed E-state index contributed by atoms with van der Waals surface area (Å²) >= 11 is 0. The first-order chi connectivity index (χ1) is 12.6. The van der Waals surface area contributed by atoms with E-state index in [0.717, 1.165) is 19.5 Å². The molecule has 1 saturated heterocycles. The highest BCUT2D eigenvalue weighted by Gasteiger charge is 2.45. The van der Waals surface area contributed by atoms with Gasteiger partial charge in [-0.3, -0.25) is 14.4 Å². The van der Waals surface area contributed by atoms with E-state index in [4.69, 9.17) is 4.52 Å². The number of carbonyl (C=O) groups excluding carboxylic acids is 1. The molecule has 1 unspecified atom stereocenters. The second kappa shape index (κ2) is 6.83. The molecule has 8 heteroatoms. The van der Waals surface area contributed by atoms with Gasteiger partial charge in [-0.25, -0.2) is 0 Å². The molecule has 1 N–H and O–H groups in total. The van der Waals surface area contributed by atoms with Crippen LogP contribution < -0.4 is 5.32 Å². The zero-order chi connectivity index (χ0) is 18.1. The molecule has 8 nitrogen and oxygen atoms in total. The van der Waals surface area contributed by atoms with Gasteiger partial charge < -0.3 is 9.84 Å². The van der Waals surface area contributed by atoms with Crippen LogP contribution >= 0.6 is 0 Å². The van der Waals surface area contributed by atoms with Crippen molar-refractivity contribution in [2.45, 2.75) is 64.1 Å². The third-order valence-electron chi connectivity index (χ3n) is 5.51. The Morgan fingerprint density at radius 2 is 2.23 bits per heavy atom. The fraction of sp³-hybridized carbons (Fsp3) is 0.667. The predicted octanol–water partition coefficient (Wildman–Crippen LogP) is 1.93. The largest absolute Gasteiger partial charge is 0.341 e. The van der Waals surface area contributed by atoms with Crippen molar-refractivity contribution in [3.63, 3.8) is 0 Å². The summed E-state index contributed by atoms with van der Waals surface area (Å²) in [7, 11) is 0. The molecule has 4 rings (SSSR count). The molecule has 0 spiro atoms. The highest BCUT2D eigenvalue weighted by molar-refractivity contribution is 5.74. The lowest BCUT2D eigenvalue weighted by atomic mass is 9.98. The van der Waals surface area contributed by atoms with Crippen LogP contribution in [0.25, 0.3) is 0 Å². The lowest BCUT2D eigenvalue weighted by molar-refractivity contribution is -0.121. The Bertz CT molecular complexity index is 778. The molecule has 2 fully saturated rings. The molecule has 2 aliphatic rings. The molecule has 2 aromatic rings. The molecule has 2 aromatic heterocycles. The second-order valence-corrected chi connectivity index (χ2v) is 7.58. The third-order valence-corrected chi connectivity index (χ3v) is 5.51. The van der Waals surface area contributed by atoms with E-state index in [2.05, 4.69) is 36.2 Å². The van der Waals surface area contributed by atoms with Gasteiger partial charge in [0, 0.05) is 32.8 Å². The first-order valence-electron chi connectivity index (χ1n) is 9.40. The van der Waals surface area contributed by atoms with E-state index in [1.54, 1.807) is 6.92 Å². The van der Waals surface area contributed by atoms with Crippen molar-refractivity contribution < 1.29 is 9.32 Å². The normalized spacial score (nSPS) is 24.4. The minimum absolute atomic E-state index is 0.0845. The number of rotatable bonds is 5. The van der Waals surface area contributed by atoms with Crippen LogP contribution in [0.4, 0.5) is 0 Å². The number of carbonyl (C=O) groups is 1. The van der Waals surface area contributed by atoms with Gasteiger partial charge in [-0.05, 0) is 32.3 Å². The second-order valence-electron chi connectivity index (χ2n) is 7.58. The molecule has 1 amide bonds. The molecular formula is C18H26N6O2. The van der Waals surface area contributed by atoms with Gasteiger partial charge in [0.25, 0.3) is 5.89 Å². The summed E-state index contributed by atoms with van der Waals surface area (Å²) in [6.07, 6.45) is 7.65. The summed E-state index contributed by atoms with van der Waals surface area (Å²) in [4.78, 5) is 18.5. The summed E-state index contributed by atoms with van der Waals surface area (Å²) in [6.45, 7) is 5.65. The van der Waals surface area contributed by atoms with Crippen LogP contribution in [0.5, 0.6) is 0 Å². The summed E-state index contributed by atoms with van der Waals surface area (Å²) < 4.78 is 7.62. The lowest BCUT2D eigenvalue weighted by Gasteiger charge is -2.26. The average molecular weight is 358 g/mol. The first kappa shape index (κ1) is 17.2. The predicted molar refractivity (Wildman–Crippen MR) is 94.2 cm³/mol. The smallest absolute Gasteiger partial charge is 0.253 e. The number of aryl methyl sites for hydroxylation is 1. The van der Waals surface area contributed by atoms with E-state index in [0.29, 0.717) is 24.3 Å². The van der Waals surface area contributed by atoms with Crippen LogP contribution in [-0.2, 0) is 16.9 Å². The van der Waals surface area contributed by atoms with Gasteiger partial charge in [-0.2, -0.15) is 10.1 Å². The van der Waals surface area contributed by atoms with Gasteiger partial charge in [0.05, 0.1) is 11.7 Å². The maximum absolute atomic E-state index is 11.8. The standard InChI is InChI=1S/C18H26N6O2/c1-13-20-17(26-22-13)18(21-14(2)25)8-10-23(12-18)11-16-7-9-19-24(16)15-5-3-4-6-15/h7,9,15H,3-6,8,10-12H2,1-2H3,(H,21,25). The molecule has 1 atom stereocenters. The molecule has 3 heterocycles. The van der Waals surface area contributed by atoms with Gasteiger partial charge >= 0.3 is 0 Å². The fourth-order valence-corrected chi connectivity index (χ4v) is 4.36. The molecule has 26 heavy (non-hydrogen) atoms. The van der Waals surface area contributed by atoms with Crippen molar-refractivity contribution in [3.8, 4) is 0 Å². The van der Waals surface area contributed by atoms with Crippen molar-refractivity contribution in [3.05, 3.63) is 29.7 Å². The minimum Gasteiger partial charge on any atom is -0.341 e. The minimum atomic E-state index is -0.606. The number of likely N-dealkylation sites (tertiary alicyclic amines) is 1. The van der Waals surface area contributed by atoms with Crippen LogP contribution in [0.1, 0.15) is 62.5 Å². The van der Waals surface area contributed by atoms with Crippen LogP contribution in [-0.4, -0.2) is 43.8 Å². The monoisotopic (exact) mass is 358 g/mol. The Morgan fingerprint density at radius 1 is 1.42 bits per heavy atom. The van der Waals surface area contributed by atoms with E-state index in [9.17, 15) is 4.79 Å². The summed E-state index contributed by atoms with van der Waals surface area (Å²) in [5.41, 5.74) is 0.628. The summed E-state index contributed by atoms with van der Waals surface area (Å²) in [6, 6.07) is 2.63. The molecule has 0 aromatic carbocycles. The van der Waals surface area contributed by atoms with Gasteiger partial charge in [0.15, 0.2) is 5.82 Å².